The fourth-order valence-electron chi connectivity index (χ4n) is 9.61. The zero-order chi connectivity index (χ0) is 34.3. The Balaban J connectivity index is 1.08. The topological polar surface area (TPSA) is 32.2 Å². The predicted octanol–water partition coefficient (Wildman–Crippen LogP) is 10.3. The number of hydrogen-bond donors (Lipinski definition) is 2. The maximum absolute atomic E-state index is 4.21. The Hall–Kier alpha value is -5.48. The van der Waals surface area contributed by atoms with Gasteiger partial charge in [-0.2, -0.15) is 0 Å². The van der Waals surface area contributed by atoms with Crippen LogP contribution in [0.15, 0.2) is 139 Å². The van der Waals surface area contributed by atoms with Gasteiger partial charge in [-0.3, -0.25) is 0 Å². The third-order valence-corrected chi connectivity index (χ3v) is 12.1. The van der Waals surface area contributed by atoms with E-state index in [0.29, 0.717) is 5.92 Å². The highest BCUT2D eigenvalue weighted by molar-refractivity contribution is 5.95. The summed E-state index contributed by atoms with van der Waals surface area (Å²) in [6.07, 6.45) is 24.1. The van der Waals surface area contributed by atoms with Crippen LogP contribution in [0.1, 0.15) is 67.0 Å². The molecule has 0 saturated heterocycles. The molecule has 0 spiro atoms. The lowest BCUT2D eigenvalue weighted by atomic mass is 9.84. The molecule has 10 rings (SSSR count). The first-order valence-corrected chi connectivity index (χ1v) is 18.7. The predicted molar refractivity (Wildman–Crippen MR) is 214 cm³/mol. The number of nitrogens with zero attached hydrogens (tertiary/aromatic N) is 2. The zero-order valence-electron chi connectivity index (χ0n) is 29.6. The number of para-hydroxylation sites is 1. The summed E-state index contributed by atoms with van der Waals surface area (Å²) in [7, 11) is 0. The molecule has 4 atom stereocenters. The van der Waals surface area contributed by atoms with Gasteiger partial charge in [0.2, 0.25) is 0 Å². The van der Waals surface area contributed by atoms with E-state index in [4.69, 9.17) is 0 Å². The van der Waals surface area contributed by atoms with E-state index in [9.17, 15) is 0 Å². The van der Waals surface area contributed by atoms with E-state index < -0.39 is 0 Å². The first-order chi connectivity index (χ1) is 25.0. The van der Waals surface area contributed by atoms with E-state index in [0.717, 1.165) is 19.3 Å². The summed E-state index contributed by atoms with van der Waals surface area (Å²) >= 11 is 0. The lowest BCUT2D eigenvalue weighted by Crippen LogP contribution is -2.62. The maximum Gasteiger partial charge on any atom is 0.121 e. The molecule has 2 aliphatic heterocycles. The molecular formula is C47H44N4. The van der Waals surface area contributed by atoms with Gasteiger partial charge >= 0.3 is 0 Å². The Morgan fingerprint density at radius 1 is 0.863 bits per heavy atom. The van der Waals surface area contributed by atoms with Crippen molar-refractivity contribution in [1.29, 1.82) is 0 Å². The molecule has 4 aromatic carbocycles. The largest absolute Gasteiger partial charge is 0.379 e. The zero-order valence-corrected chi connectivity index (χ0v) is 29.6. The highest BCUT2D eigenvalue weighted by Gasteiger charge is 2.48. The molecule has 0 bridgehead atoms. The number of benzene rings is 4. The highest BCUT2D eigenvalue weighted by Crippen LogP contribution is 2.50. The second kappa shape index (κ2) is 11.5. The van der Waals surface area contributed by atoms with Crippen LogP contribution in [0.2, 0.25) is 0 Å². The summed E-state index contributed by atoms with van der Waals surface area (Å²) in [5.74, 6) is 0.312. The Bertz CT molecular complexity index is 2430. The van der Waals surface area contributed by atoms with Gasteiger partial charge in [0.25, 0.3) is 0 Å². The van der Waals surface area contributed by atoms with Crippen molar-refractivity contribution >= 4 is 44.8 Å². The number of anilines is 1. The minimum absolute atomic E-state index is 0.0291. The molecule has 5 aromatic rings. The highest BCUT2D eigenvalue weighted by atomic mass is 15.4. The molecule has 0 saturated carbocycles. The maximum atomic E-state index is 4.21. The Kier molecular flexibility index (Phi) is 6.86. The summed E-state index contributed by atoms with van der Waals surface area (Å²) < 4.78 is 2.44. The normalized spacial score (nSPS) is 24.1. The third-order valence-electron chi connectivity index (χ3n) is 12.1. The smallest absolute Gasteiger partial charge is 0.121 e. The van der Waals surface area contributed by atoms with Crippen LogP contribution in [-0.4, -0.2) is 22.8 Å². The average Bonchev–Trinajstić information content (AvgIpc) is 3.72. The van der Waals surface area contributed by atoms with Crippen LogP contribution < -0.4 is 15.5 Å². The molecule has 0 amide bonds. The Labute approximate surface area is 300 Å². The molecule has 3 heterocycles. The molecule has 5 aliphatic rings. The van der Waals surface area contributed by atoms with E-state index in [-0.39, 0.29) is 23.7 Å². The fraction of sp³-hybridized carbons (Fsp3) is 0.234. The number of nitrogens with one attached hydrogen (secondary N) is 2. The molecule has 4 unspecified atom stereocenters. The molecule has 0 fully saturated rings. The van der Waals surface area contributed by atoms with Crippen molar-refractivity contribution in [3.05, 3.63) is 167 Å². The van der Waals surface area contributed by atoms with Crippen molar-refractivity contribution in [2.45, 2.75) is 69.6 Å². The monoisotopic (exact) mass is 664 g/mol. The molecule has 1 aromatic heterocycles. The average molecular weight is 665 g/mol. The van der Waals surface area contributed by atoms with E-state index in [2.05, 4.69) is 180 Å². The van der Waals surface area contributed by atoms with Gasteiger partial charge in [0.05, 0.1) is 23.3 Å². The lowest BCUT2D eigenvalue weighted by molar-refractivity contribution is 0.362. The van der Waals surface area contributed by atoms with Gasteiger partial charge in [0, 0.05) is 50.6 Å². The summed E-state index contributed by atoms with van der Waals surface area (Å²) in [5.41, 5.74) is 13.0. The van der Waals surface area contributed by atoms with Crippen LogP contribution in [0.5, 0.6) is 0 Å². The number of allylic oxidation sites excluding steroid dienone is 7. The summed E-state index contributed by atoms with van der Waals surface area (Å²) in [4.78, 5) is 2.69. The molecular weight excluding hydrogens is 621 g/mol. The fourth-order valence-corrected chi connectivity index (χ4v) is 9.61. The van der Waals surface area contributed by atoms with Gasteiger partial charge in [0.15, 0.2) is 0 Å². The van der Waals surface area contributed by atoms with Crippen LogP contribution in [0.3, 0.4) is 0 Å². The second-order valence-corrected chi connectivity index (χ2v) is 15.3. The van der Waals surface area contributed by atoms with Gasteiger partial charge in [-0.05, 0) is 72.4 Å². The minimum atomic E-state index is -0.119. The third kappa shape index (κ3) is 4.58. The van der Waals surface area contributed by atoms with Gasteiger partial charge in [-0.25, -0.2) is 0 Å². The molecule has 51 heavy (non-hydrogen) atoms. The van der Waals surface area contributed by atoms with Crippen molar-refractivity contribution < 1.29 is 0 Å². The quantitative estimate of drug-likeness (QED) is 0.196. The van der Waals surface area contributed by atoms with Crippen molar-refractivity contribution in [3.8, 4) is 0 Å². The van der Waals surface area contributed by atoms with Gasteiger partial charge in [-0.1, -0.05) is 129 Å². The molecule has 4 nitrogen and oxygen atoms in total. The summed E-state index contributed by atoms with van der Waals surface area (Å²) in [5, 5.41) is 12.3. The molecule has 0 radical (unpaired) electrons. The van der Waals surface area contributed by atoms with Crippen molar-refractivity contribution in [1.82, 2.24) is 15.2 Å². The SMILES string of the molecule is Cc1c(/C=C\CC2NC3=C(NC2N2c4cc5ccccc5cc4C4C=CC=CC42)c2ccccc2C3(C)C)c2ccccc2n1C1=CCCC=C1. The van der Waals surface area contributed by atoms with Crippen LogP contribution in [-0.2, 0) is 5.41 Å². The van der Waals surface area contributed by atoms with Crippen LogP contribution in [0.4, 0.5) is 5.69 Å². The number of aromatic nitrogens is 1. The van der Waals surface area contributed by atoms with E-state index in [1.54, 1.807) is 0 Å². The van der Waals surface area contributed by atoms with Gasteiger partial charge in [0.1, 0.15) is 6.17 Å². The molecule has 4 heteroatoms. The van der Waals surface area contributed by atoms with E-state index in [1.807, 2.05) is 0 Å². The molecule has 3 aliphatic carbocycles. The van der Waals surface area contributed by atoms with Gasteiger partial charge < -0.3 is 20.1 Å². The van der Waals surface area contributed by atoms with E-state index in [1.165, 1.54) is 72.4 Å². The van der Waals surface area contributed by atoms with Crippen molar-refractivity contribution in [2.24, 2.45) is 0 Å². The Morgan fingerprint density at radius 3 is 2.51 bits per heavy atom. The number of hydrogen-bond acceptors (Lipinski definition) is 3. The standard InChI is InChI=1S/C47H44N4/c1-30-34(35-20-10-13-26-41(35)50(30)33-18-5-4-6-19-33)23-15-25-40-46(49-44-37-22-9-12-24-39(37)47(2,3)45(44)48-40)51-42-27-14-11-21-36(42)38-28-31-16-7-8-17-32(31)29-43(38)51/h5,7-24,26-29,36,40,42,46,48-49H,4,6,25H2,1-3H3/b23-15-. The Morgan fingerprint density at radius 2 is 1.65 bits per heavy atom. The summed E-state index contributed by atoms with van der Waals surface area (Å²) in [6.45, 7) is 7.01. The lowest BCUT2D eigenvalue weighted by Gasteiger charge is -2.46. The van der Waals surface area contributed by atoms with Crippen LogP contribution in [0.25, 0.3) is 39.1 Å². The molecule has 2 N–H and O–H groups in total. The van der Waals surface area contributed by atoms with Crippen LogP contribution >= 0.6 is 0 Å². The second-order valence-electron chi connectivity index (χ2n) is 15.3. The first-order valence-electron chi connectivity index (χ1n) is 18.7. The van der Waals surface area contributed by atoms with Crippen molar-refractivity contribution in [3.63, 3.8) is 0 Å². The number of fused-ring (bicyclic) bond motifs is 7. The first kappa shape index (κ1) is 30.4. The van der Waals surface area contributed by atoms with E-state index >= 15 is 0 Å². The minimum Gasteiger partial charge on any atom is -0.379 e. The summed E-state index contributed by atoms with van der Waals surface area (Å²) in [6, 6.07) is 31.9. The van der Waals surface area contributed by atoms with Gasteiger partial charge in [-0.15, -0.1) is 0 Å². The van der Waals surface area contributed by atoms with Crippen molar-refractivity contribution in [2.75, 3.05) is 4.90 Å². The molecule has 252 valence electrons. The van der Waals surface area contributed by atoms with Crippen LogP contribution in [0, 0.1) is 6.92 Å². The number of rotatable bonds is 5.